The molecule has 190 valence electrons. The molecule has 0 saturated heterocycles. The Kier molecular flexibility index (Phi) is 5.09. The Labute approximate surface area is 223 Å². The Morgan fingerprint density at radius 3 is 1.86 bits per heavy atom. The molecule has 6 aliphatic carbocycles. The molecular formula is C37H42. The van der Waals surface area contributed by atoms with E-state index < -0.39 is 0 Å². The van der Waals surface area contributed by atoms with Crippen molar-refractivity contribution in [1.82, 2.24) is 0 Å². The first kappa shape index (κ1) is 22.6. The third-order valence-corrected chi connectivity index (χ3v) is 12.1. The Balaban J connectivity index is 1.11. The van der Waals surface area contributed by atoms with Crippen molar-refractivity contribution in [2.45, 2.75) is 83.0 Å². The Morgan fingerprint density at radius 2 is 1.16 bits per heavy atom. The third kappa shape index (κ3) is 3.26. The van der Waals surface area contributed by atoms with Gasteiger partial charge in [-0.2, -0.15) is 0 Å². The van der Waals surface area contributed by atoms with E-state index in [2.05, 4.69) is 80.6 Å². The second kappa shape index (κ2) is 8.33. The molecule has 0 nitrogen and oxygen atoms in total. The van der Waals surface area contributed by atoms with Crippen LogP contribution in [0.5, 0.6) is 0 Å². The fourth-order valence-electron chi connectivity index (χ4n) is 10.6. The smallest absolute Gasteiger partial charge is 0.0159 e. The van der Waals surface area contributed by atoms with E-state index >= 15 is 0 Å². The van der Waals surface area contributed by atoms with Gasteiger partial charge in [0.15, 0.2) is 0 Å². The van der Waals surface area contributed by atoms with Crippen LogP contribution in [0.1, 0.15) is 94.2 Å². The minimum atomic E-state index is 0.0658. The monoisotopic (exact) mass is 486 g/mol. The quantitative estimate of drug-likeness (QED) is 0.338. The molecule has 3 aromatic rings. The summed E-state index contributed by atoms with van der Waals surface area (Å²) in [6.45, 7) is 4.78. The number of rotatable bonds is 2. The SMILES string of the molecule is CC1(C)c2ccccc2-c2ccc(-c3ccc(C4CC5C6CCCCC6C4C4CCCCC54)cc3)cc21. The summed E-state index contributed by atoms with van der Waals surface area (Å²) in [5.74, 6) is 6.97. The van der Waals surface area contributed by atoms with Crippen LogP contribution in [-0.2, 0) is 5.41 Å². The highest BCUT2D eigenvalue weighted by Crippen LogP contribution is 2.66. The third-order valence-electron chi connectivity index (χ3n) is 12.1. The molecule has 0 heterocycles. The van der Waals surface area contributed by atoms with Crippen LogP contribution in [0.15, 0.2) is 66.7 Å². The van der Waals surface area contributed by atoms with Crippen molar-refractivity contribution < 1.29 is 0 Å². The van der Waals surface area contributed by atoms with Crippen molar-refractivity contribution in [2.75, 3.05) is 0 Å². The summed E-state index contributed by atoms with van der Waals surface area (Å²) in [4.78, 5) is 0. The first-order chi connectivity index (χ1) is 18.1. The van der Waals surface area contributed by atoms with Gasteiger partial charge in [0.2, 0.25) is 0 Å². The molecule has 6 aliphatic rings. The van der Waals surface area contributed by atoms with Crippen molar-refractivity contribution in [3.63, 3.8) is 0 Å². The van der Waals surface area contributed by atoms with Gasteiger partial charge in [-0.1, -0.05) is 100 Å². The second-order valence-corrected chi connectivity index (χ2v) is 13.9. The molecule has 0 heteroatoms. The van der Waals surface area contributed by atoms with Crippen LogP contribution >= 0.6 is 0 Å². The molecular weight excluding hydrogens is 444 g/mol. The molecule has 0 N–H and O–H groups in total. The van der Waals surface area contributed by atoms with E-state index in [-0.39, 0.29) is 5.41 Å². The van der Waals surface area contributed by atoms with Crippen LogP contribution in [0.4, 0.5) is 0 Å². The molecule has 9 rings (SSSR count). The van der Waals surface area contributed by atoms with Crippen molar-refractivity contribution in [2.24, 2.45) is 35.5 Å². The van der Waals surface area contributed by atoms with Crippen molar-refractivity contribution >= 4 is 0 Å². The van der Waals surface area contributed by atoms with Crippen molar-refractivity contribution in [3.8, 4) is 22.3 Å². The fraction of sp³-hybridized carbons (Fsp3) is 0.514. The topological polar surface area (TPSA) is 0 Å². The molecule has 5 fully saturated rings. The fourth-order valence-corrected chi connectivity index (χ4v) is 10.6. The summed E-state index contributed by atoms with van der Waals surface area (Å²) < 4.78 is 0. The molecule has 5 unspecified atom stereocenters. The molecule has 0 amide bonds. The molecule has 0 aromatic heterocycles. The summed E-state index contributed by atoms with van der Waals surface area (Å²) in [6.07, 6.45) is 13.6. The van der Waals surface area contributed by atoms with Gasteiger partial charge in [0.25, 0.3) is 0 Å². The van der Waals surface area contributed by atoms with Gasteiger partial charge >= 0.3 is 0 Å². The van der Waals surface area contributed by atoms with E-state index in [1.807, 2.05) is 0 Å². The summed E-state index contributed by atoms with van der Waals surface area (Å²) in [6, 6.07) is 26.1. The first-order valence-electron chi connectivity index (χ1n) is 15.5. The molecule has 5 saturated carbocycles. The maximum atomic E-state index is 2.53. The lowest BCUT2D eigenvalue weighted by atomic mass is 9.42. The zero-order valence-corrected chi connectivity index (χ0v) is 22.8. The van der Waals surface area contributed by atoms with Gasteiger partial charge in [-0.05, 0) is 119 Å². The molecule has 2 bridgehead atoms. The second-order valence-electron chi connectivity index (χ2n) is 13.9. The molecule has 3 aromatic carbocycles. The van der Waals surface area contributed by atoms with E-state index in [9.17, 15) is 0 Å². The lowest BCUT2D eigenvalue weighted by Gasteiger charge is -2.63. The lowest BCUT2D eigenvalue weighted by Crippen LogP contribution is -2.55. The van der Waals surface area contributed by atoms with Crippen molar-refractivity contribution in [1.29, 1.82) is 0 Å². The van der Waals surface area contributed by atoms with E-state index in [1.165, 1.54) is 78.3 Å². The summed E-state index contributed by atoms with van der Waals surface area (Å²) in [7, 11) is 0. The lowest BCUT2D eigenvalue weighted by molar-refractivity contribution is -0.121. The molecule has 0 radical (unpaired) electrons. The highest BCUT2D eigenvalue weighted by Gasteiger charge is 2.57. The molecule has 37 heavy (non-hydrogen) atoms. The van der Waals surface area contributed by atoms with Crippen LogP contribution in [0.3, 0.4) is 0 Å². The van der Waals surface area contributed by atoms with Gasteiger partial charge in [0.05, 0.1) is 0 Å². The van der Waals surface area contributed by atoms with Gasteiger partial charge in [-0.15, -0.1) is 0 Å². The number of hydrogen-bond acceptors (Lipinski definition) is 0. The standard InChI is InChI=1S/C37H42/c1-37(2)34-14-8-7-11-28(34)29-20-19-25(21-35(29)37)23-15-17-24(18-16-23)32-22-33-26-9-3-5-12-30(26)36(32)31-13-6-4-10-27(31)33/h7-8,11,14-21,26-27,30-33,36H,3-6,9-10,12-13,22H2,1-2H3. The Morgan fingerprint density at radius 1 is 0.568 bits per heavy atom. The number of fused-ring (bicyclic) bond motifs is 4. The predicted molar refractivity (Wildman–Crippen MR) is 155 cm³/mol. The van der Waals surface area contributed by atoms with Crippen LogP contribution in [0.25, 0.3) is 22.3 Å². The van der Waals surface area contributed by atoms with E-state index in [4.69, 9.17) is 0 Å². The van der Waals surface area contributed by atoms with Gasteiger partial charge in [0, 0.05) is 5.41 Å². The molecule has 5 atom stereocenters. The highest BCUT2D eigenvalue weighted by atomic mass is 14.6. The van der Waals surface area contributed by atoms with Gasteiger partial charge in [-0.3, -0.25) is 0 Å². The molecule has 0 aliphatic heterocycles. The summed E-state index contributed by atoms with van der Waals surface area (Å²) in [5.41, 5.74) is 10.2. The van der Waals surface area contributed by atoms with E-state index in [0.717, 1.165) is 41.4 Å². The number of hydrogen-bond donors (Lipinski definition) is 0. The first-order valence-corrected chi connectivity index (χ1v) is 15.5. The zero-order valence-electron chi connectivity index (χ0n) is 22.8. The van der Waals surface area contributed by atoms with Gasteiger partial charge < -0.3 is 0 Å². The summed E-state index contributed by atoms with van der Waals surface area (Å²) in [5, 5.41) is 0. The molecule has 0 spiro atoms. The van der Waals surface area contributed by atoms with E-state index in [1.54, 1.807) is 18.4 Å². The van der Waals surface area contributed by atoms with Crippen molar-refractivity contribution in [3.05, 3.63) is 83.4 Å². The van der Waals surface area contributed by atoms with Crippen LogP contribution in [0.2, 0.25) is 0 Å². The Hall–Kier alpha value is -2.34. The van der Waals surface area contributed by atoms with Crippen LogP contribution < -0.4 is 0 Å². The number of benzene rings is 3. The minimum Gasteiger partial charge on any atom is -0.0619 e. The van der Waals surface area contributed by atoms with Crippen LogP contribution in [0, 0.1) is 35.5 Å². The summed E-state index contributed by atoms with van der Waals surface area (Å²) >= 11 is 0. The predicted octanol–water partition coefficient (Wildman–Crippen LogP) is 10.0. The van der Waals surface area contributed by atoms with Gasteiger partial charge in [0.1, 0.15) is 0 Å². The average Bonchev–Trinajstić information content (AvgIpc) is 3.19. The highest BCUT2D eigenvalue weighted by molar-refractivity contribution is 5.83. The van der Waals surface area contributed by atoms with Crippen LogP contribution in [-0.4, -0.2) is 0 Å². The minimum absolute atomic E-state index is 0.0658. The zero-order chi connectivity index (χ0) is 24.7. The average molecular weight is 487 g/mol. The maximum absolute atomic E-state index is 2.53. The maximum Gasteiger partial charge on any atom is 0.0159 e. The normalized spacial score (nSPS) is 34.8. The van der Waals surface area contributed by atoms with Gasteiger partial charge in [-0.25, -0.2) is 0 Å². The largest absolute Gasteiger partial charge is 0.0619 e. The Bertz CT molecular complexity index is 1300. The van der Waals surface area contributed by atoms with E-state index in [0.29, 0.717) is 0 Å².